The molecule has 0 radical (unpaired) electrons. The second-order valence-corrected chi connectivity index (χ2v) is 5.69. The van der Waals surface area contributed by atoms with Crippen molar-refractivity contribution in [1.82, 2.24) is 0 Å². The van der Waals surface area contributed by atoms with Gasteiger partial charge in [-0.1, -0.05) is 11.6 Å². The maximum absolute atomic E-state index is 11.6. The fraction of sp³-hybridized carbons (Fsp3) is 0.462. The number of rotatable bonds is 3. The van der Waals surface area contributed by atoms with Gasteiger partial charge < -0.3 is 10.0 Å². The molecule has 0 saturated carbocycles. The lowest BCUT2D eigenvalue weighted by molar-refractivity contribution is 0.0875. The number of aliphatic hydroxyl groups is 1. The zero-order valence-electron chi connectivity index (χ0n) is 9.90. The number of halogens is 2. The van der Waals surface area contributed by atoms with E-state index in [0.29, 0.717) is 10.6 Å². The Labute approximate surface area is 120 Å². The summed E-state index contributed by atoms with van der Waals surface area (Å²) in [5.74, 6) is -0.373. The lowest BCUT2D eigenvalue weighted by Crippen LogP contribution is -2.29. The molecule has 0 amide bonds. The third-order valence-corrected chi connectivity index (χ3v) is 3.86. The number of benzene rings is 1. The van der Waals surface area contributed by atoms with E-state index >= 15 is 0 Å². The fourth-order valence-corrected chi connectivity index (χ4v) is 2.75. The lowest BCUT2D eigenvalue weighted by Gasteiger charge is -2.29. The summed E-state index contributed by atoms with van der Waals surface area (Å²) in [5.41, 5.74) is 1.39. The van der Waals surface area contributed by atoms with E-state index in [1.54, 1.807) is 12.1 Å². The van der Waals surface area contributed by atoms with Crippen LogP contribution in [-0.2, 0) is 0 Å². The van der Waals surface area contributed by atoms with Gasteiger partial charge >= 0.3 is 0 Å². The number of hydrogen-bond donors (Lipinski definition) is 1. The largest absolute Gasteiger partial charge is 0.374 e. The van der Waals surface area contributed by atoms with E-state index in [9.17, 15) is 9.90 Å². The van der Waals surface area contributed by atoms with Crippen molar-refractivity contribution >= 4 is 39.0 Å². The van der Waals surface area contributed by atoms with Gasteiger partial charge in [0, 0.05) is 18.7 Å². The molecule has 0 bridgehead atoms. The van der Waals surface area contributed by atoms with Crippen molar-refractivity contribution in [1.29, 1.82) is 0 Å². The first-order valence-corrected chi connectivity index (χ1v) is 7.30. The third kappa shape index (κ3) is 3.05. The van der Waals surface area contributed by atoms with Gasteiger partial charge in [0.2, 0.25) is 5.78 Å². The highest BCUT2D eigenvalue weighted by atomic mass is 79.9. The molecule has 1 saturated heterocycles. The van der Waals surface area contributed by atoms with E-state index in [1.165, 1.54) is 19.3 Å². The van der Waals surface area contributed by atoms with E-state index in [2.05, 4.69) is 20.8 Å². The van der Waals surface area contributed by atoms with Crippen LogP contribution in [0.3, 0.4) is 0 Å². The number of alkyl halides is 1. The van der Waals surface area contributed by atoms with Crippen LogP contribution in [0.1, 0.15) is 29.6 Å². The van der Waals surface area contributed by atoms with Crippen LogP contribution in [-0.4, -0.2) is 29.0 Å². The van der Waals surface area contributed by atoms with Crippen LogP contribution in [0.25, 0.3) is 0 Å². The Morgan fingerprint density at radius 3 is 2.56 bits per heavy atom. The maximum atomic E-state index is 11.6. The maximum Gasteiger partial charge on any atom is 0.202 e. The molecule has 0 aromatic heterocycles. The number of aliphatic hydroxyl groups excluding tert-OH is 1. The Morgan fingerprint density at radius 1 is 1.33 bits per heavy atom. The molecule has 1 N–H and O–H groups in total. The van der Waals surface area contributed by atoms with E-state index in [4.69, 9.17) is 11.6 Å². The third-order valence-electron chi connectivity index (χ3n) is 3.15. The van der Waals surface area contributed by atoms with Gasteiger partial charge in [0.05, 0.1) is 10.7 Å². The van der Waals surface area contributed by atoms with Crippen molar-refractivity contribution in [2.75, 3.05) is 18.0 Å². The monoisotopic (exact) mass is 331 g/mol. The molecular weight excluding hydrogens is 318 g/mol. The van der Waals surface area contributed by atoms with Crippen LogP contribution in [0, 0.1) is 0 Å². The van der Waals surface area contributed by atoms with Crippen LogP contribution >= 0.6 is 27.5 Å². The fourth-order valence-electron chi connectivity index (χ4n) is 2.19. The average Bonchev–Trinajstić information content (AvgIpc) is 2.38. The summed E-state index contributed by atoms with van der Waals surface area (Å²) in [6.07, 6.45) is 3.62. The molecule has 98 valence electrons. The highest BCUT2D eigenvalue weighted by Gasteiger charge is 2.18. The minimum atomic E-state index is -1.17. The van der Waals surface area contributed by atoms with Crippen LogP contribution in [0.15, 0.2) is 18.2 Å². The van der Waals surface area contributed by atoms with E-state index in [-0.39, 0.29) is 5.78 Å². The molecule has 18 heavy (non-hydrogen) atoms. The second kappa shape index (κ2) is 6.04. The molecule has 1 atom stereocenters. The van der Waals surface area contributed by atoms with Crippen LogP contribution in [0.2, 0.25) is 5.02 Å². The number of Topliss-reactive ketones (excluding diaryl/α,β-unsaturated/α-hetero) is 1. The summed E-state index contributed by atoms with van der Waals surface area (Å²) in [6.45, 7) is 2.02. The molecule has 0 aliphatic carbocycles. The van der Waals surface area contributed by atoms with Crippen molar-refractivity contribution in [2.45, 2.75) is 24.3 Å². The summed E-state index contributed by atoms with van der Waals surface area (Å²) in [6, 6.07) is 5.19. The molecule has 0 spiro atoms. The molecule has 1 unspecified atom stereocenters. The SMILES string of the molecule is O=C(c1ccc(N2CCCCC2)c(Cl)c1)C(O)Br. The van der Waals surface area contributed by atoms with Crippen molar-refractivity contribution in [3.63, 3.8) is 0 Å². The Hall–Kier alpha value is -0.580. The molecule has 5 heteroatoms. The van der Waals surface area contributed by atoms with Crippen LogP contribution in [0.4, 0.5) is 5.69 Å². The zero-order valence-corrected chi connectivity index (χ0v) is 12.2. The number of piperidine rings is 1. The van der Waals surface area contributed by atoms with Crippen molar-refractivity contribution < 1.29 is 9.90 Å². The van der Waals surface area contributed by atoms with Crippen molar-refractivity contribution in [3.8, 4) is 0 Å². The van der Waals surface area contributed by atoms with Crippen LogP contribution < -0.4 is 4.90 Å². The molecule has 1 aromatic carbocycles. The van der Waals surface area contributed by atoms with E-state index in [1.807, 2.05) is 6.07 Å². The summed E-state index contributed by atoms with van der Waals surface area (Å²) < 4.78 is 0. The number of carbonyl (C=O) groups is 1. The summed E-state index contributed by atoms with van der Waals surface area (Å²) in [7, 11) is 0. The average molecular weight is 333 g/mol. The first-order chi connectivity index (χ1) is 8.59. The number of carbonyl (C=O) groups excluding carboxylic acids is 1. The van der Waals surface area contributed by atoms with Gasteiger partial charge in [-0.25, -0.2) is 0 Å². The molecule has 3 nitrogen and oxygen atoms in total. The second-order valence-electron chi connectivity index (χ2n) is 4.41. The summed E-state index contributed by atoms with van der Waals surface area (Å²) in [5, 5.41) is 8.59. The Kier molecular flexibility index (Phi) is 4.65. The molecule has 1 fully saturated rings. The highest BCUT2D eigenvalue weighted by Crippen LogP contribution is 2.29. The Balaban J connectivity index is 2.21. The molecule has 1 aliphatic rings. The molecule has 1 heterocycles. The van der Waals surface area contributed by atoms with Gasteiger partial charge in [-0.05, 0) is 53.4 Å². The van der Waals surface area contributed by atoms with E-state index < -0.39 is 5.01 Å². The lowest BCUT2D eigenvalue weighted by atomic mass is 10.1. The smallest absolute Gasteiger partial charge is 0.202 e. The summed E-state index contributed by atoms with van der Waals surface area (Å²) in [4.78, 5) is 13.9. The number of ketones is 1. The van der Waals surface area contributed by atoms with Crippen molar-refractivity contribution in [2.24, 2.45) is 0 Å². The highest BCUT2D eigenvalue weighted by molar-refractivity contribution is 9.09. The summed E-state index contributed by atoms with van der Waals surface area (Å²) >= 11 is 9.07. The van der Waals surface area contributed by atoms with E-state index in [0.717, 1.165) is 18.8 Å². The quantitative estimate of drug-likeness (QED) is 0.682. The molecular formula is C13H15BrClNO2. The van der Waals surface area contributed by atoms with Gasteiger partial charge in [0.1, 0.15) is 0 Å². The topological polar surface area (TPSA) is 40.5 Å². The van der Waals surface area contributed by atoms with Gasteiger partial charge in [-0.15, -0.1) is 0 Å². The minimum absolute atomic E-state index is 0.373. The standard InChI is InChI=1S/C13H15BrClNO2/c14-13(18)12(17)9-4-5-11(10(15)8-9)16-6-2-1-3-7-16/h4-5,8,13,18H,1-3,6-7H2. The minimum Gasteiger partial charge on any atom is -0.374 e. The first kappa shape index (κ1) is 13.8. The molecule has 1 aromatic rings. The predicted octanol–water partition coefficient (Wildman–Crippen LogP) is 3.23. The van der Waals surface area contributed by atoms with Crippen molar-refractivity contribution in [3.05, 3.63) is 28.8 Å². The number of nitrogens with zero attached hydrogens (tertiary/aromatic N) is 1. The Bertz CT molecular complexity index is 445. The van der Waals surface area contributed by atoms with Gasteiger partial charge in [-0.3, -0.25) is 4.79 Å². The van der Waals surface area contributed by atoms with Gasteiger partial charge in [-0.2, -0.15) is 0 Å². The van der Waals surface area contributed by atoms with Crippen LogP contribution in [0.5, 0.6) is 0 Å². The zero-order chi connectivity index (χ0) is 13.1. The van der Waals surface area contributed by atoms with Gasteiger partial charge in [0.25, 0.3) is 0 Å². The first-order valence-electron chi connectivity index (χ1n) is 6.00. The van der Waals surface area contributed by atoms with Gasteiger partial charge in [0.15, 0.2) is 5.01 Å². The molecule has 1 aliphatic heterocycles. The number of hydrogen-bond acceptors (Lipinski definition) is 3. The normalized spacial score (nSPS) is 17.6. The predicted molar refractivity (Wildman–Crippen MR) is 76.8 cm³/mol. The Morgan fingerprint density at radius 2 is 2.00 bits per heavy atom. The molecule has 2 rings (SSSR count). The number of anilines is 1.